The predicted molar refractivity (Wildman–Crippen MR) is 101 cm³/mol. The van der Waals surface area contributed by atoms with Gasteiger partial charge in [-0.3, -0.25) is 4.98 Å². The highest BCUT2D eigenvalue weighted by Gasteiger charge is 2.27. The molecule has 0 atom stereocenters. The van der Waals surface area contributed by atoms with E-state index in [2.05, 4.69) is 4.98 Å². The van der Waals surface area contributed by atoms with Crippen LogP contribution in [0.4, 0.5) is 0 Å². The first-order valence-corrected chi connectivity index (χ1v) is 10.6. The maximum atomic E-state index is 13.3. The van der Waals surface area contributed by atoms with Crippen molar-refractivity contribution in [2.24, 2.45) is 11.7 Å². The van der Waals surface area contributed by atoms with E-state index in [0.717, 1.165) is 17.2 Å². The summed E-state index contributed by atoms with van der Waals surface area (Å²) in [6.45, 7) is 1.55. The van der Waals surface area contributed by atoms with E-state index in [1.54, 1.807) is 34.9 Å². The van der Waals surface area contributed by atoms with E-state index in [-0.39, 0.29) is 0 Å². The van der Waals surface area contributed by atoms with E-state index in [1.165, 1.54) is 25.7 Å². The number of sulfonamides is 1. The second-order valence-corrected chi connectivity index (χ2v) is 8.74. The fraction of sp³-hybridized carbons (Fsp3) is 0.526. The second-order valence-electron chi connectivity index (χ2n) is 6.84. The minimum Gasteiger partial charge on any atom is -0.330 e. The summed E-state index contributed by atoms with van der Waals surface area (Å²) in [5.74, 6) is 0.660. The summed E-state index contributed by atoms with van der Waals surface area (Å²) in [5, 5.41) is 1.58. The first kappa shape index (κ1) is 18.3. The predicted octanol–water partition coefficient (Wildman–Crippen LogP) is 3.15. The highest BCUT2D eigenvalue weighted by atomic mass is 32.2. The highest BCUT2D eigenvalue weighted by Crippen LogP contribution is 2.30. The Morgan fingerprint density at radius 2 is 1.96 bits per heavy atom. The number of pyridine rings is 1. The molecule has 0 radical (unpaired) electrons. The largest absolute Gasteiger partial charge is 0.330 e. The molecule has 136 valence electrons. The second kappa shape index (κ2) is 8.25. The number of hydrogen-bond acceptors (Lipinski definition) is 4. The Morgan fingerprint density at radius 3 is 2.72 bits per heavy atom. The summed E-state index contributed by atoms with van der Waals surface area (Å²) in [7, 11) is -3.54. The van der Waals surface area contributed by atoms with Crippen molar-refractivity contribution in [3.8, 4) is 0 Å². The van der Waals surface area contributed by atoms with Crippen LogP contribution in [0, 0.1) is 5.92 Å². The topological polar surface area (TPSA) is 76.3 Å². The smallest absolute Gasteiger partial charge is 0.243 e. The molecule has 1 aliphatic carbocycles. The van der Waals surface area contributed by atoms with Crippen molar-refractivity contribution in [1.29, 1.82) is 0 Å². The van der Waals surface area contributed by atoms with E-state index in [0.29, 0.717) is 36.9 Å². The zero-order chi connectivity index (χ0) is 17.7. The van der Waals surface area contributed by atoms with Crippen LogP contribution in [-0.2, 0) is 10.0 Å². The van der Waals surface area contributed by atoms with Crippen molar-refractivity contribution in [2.45, 2.75) is 43.4 Å². The molecule has 6 heteroatoms. The fourth-order valence-electron chi connectivity index (χ4n) is 3.70. The Bertz CT molecular complexity index is 796. The monoisotopic (exact) mass is 361 g/mol. The zero-order valence-electron chi connectivity index (χ0n) is 14.6. The summed E-state index contributed by atoms with van der Waals surface area (Å²) in [6, 6.07) is 7.15. The summed E-state index contributed by atoms with van der Waals surface area (Å²) >= 11 is 0. The summed E-state index contributed by atoms with van der Waals surface area (Å²) in [5.41, 5.74) is 5.64. The van der Waals surface area contributed by atoms with Crippen LogP contribution in [0.1, 0.15) is 38.5 Å². The van der Waals surface area contributed by atoms with E-state index in [1.807, 2.05) is 6.07 Å². The van der Waals surface area contributed by atoms with Gasteiger partial charge in [0.15, 0.2) is 0 Å². The van der Waals surface area contributed by atoms with Gasteiger partial charge in [0.2, 0.25) is 10.0 Å². The molecule has 2 N–H and O–H groups in total. The Balaban J connectivity index is 1.88. The molecule has 0 aliphatic heterocycles. The van der Waals surface area contributed by atoms with E-state index < -0.39 is 10.0 Å². The van der Waals surface area contributed by atoms with Gasteiger partial charge in [-0.15, -0.1) is 0 Å². The molecule has 0 saturated heterocycles. The number of nitrogens with two attached hydrogens (primary N) is 1. The van der Waals surface area contributed by atoms with Gasteiger partial charge >= 0.3 is 0 Å². The van der Waals surface area contributed by atoms with Crippen molar-refractivity contribution >= 4 is 20.8 Å². The molecule has 0 bridgehead atoms. The van der Waals surface area contributed by atoms with Crippen molar-refractivity contribution in [2.75, 3.05) is 19.6 Å². The van der Waals surface area contributed by atoms with Crippen LogP contribution in [0.3, 0.4) is 0 Å². The maximum Gasteiger partial charge on any atom is 0.243 e. The molecule has 1 aromatic carbocycles. The molecule has 1 heterocycles. The average molecular weight is 362 g/mol. The lowest BCUT2D eigenvalue weighted by molar-refractivity contribution is 0.362. The molecular weight excluding hydrogens is 334 g/mol. The molecular formula is C19H27N3O2S. The van der Waals surface area contributed by atoms with E-state index in [9.17, 15) is 8.42 Å². The third kappa shape index (κ3) is 4.19. The first-order valence-electron chi connectivity index (χ1n) is 9.16. The van der Waals surface area contributed by atoms with E-state index in [4.69, 9.17) is 5.73 Å². The molecule has 2 aromatic rings. The third-order valence-corrected chi connectivity index (χ3v) is 7.09. The number of benzene rings is 1. The van der Waals surface area contributed by atoms with Gasteiger partial charge in [-0.05, 0) is 37.4 Å². The molecule has 0 unspecified atom stereocenters. The molecule has 25 heavy (non-hydrogen) atoms. The van der Waals surface area contributed by atoms with Gasteiger partial charge in [-0.2, -0.15) is 4.31 Å². The van der Waals surface area contributed by atoms with Crippen molar-refractivity contribution in [3.63, 3.8) is 0 Å². The van der Waals surface area contributed by atoms with Crippen LogP contribution in [0.15, 0.2) is 41.6 Å². The maximum absolute atomic E-state index is 13.3. The van der Waals surface area contributed by atoms with Crippen LogP contribution in [-0.4, -0.2) is 37.3 Å². The number of aromatic nitrogens is 1. The van der Waals surface area contributed by atoms with Crippen LogP contribution in [0.25, 0.3) is 10.8 Å². The van der Waals surface area contributed by atoms with Gasteiger partial charge in [0.25, 0.3) is 0 Å². The standard InChI is InChI=1S/C19H27N3O2S/c20-11-4-13-22(14-10-16-5-1-2-6-16)25(23,24)19-8-3-7-17-15-21-12-9-18(17)19/h3,7-9,12,15-16H,1-2,4-6,10-11,13-14,20H2. The Hall–Kier alpha value is -1.50. The van der Waals surface area contributed by atoms with E-state index >= 15 is 0 Å². The van der Waals surface area contributed by atoms with Crippen LogP contribution < -0.4 is 5.73 Å². The minimum atomic E-state index is -3.54. The zero-order valence-corrected chi connectivity index (χ0v) is 15.4. The van der Waals surface area contributed by atoms with Crippen LogP contribution >= 0.6 is 0 Å². The lowest BCUT2D eigenvalue weighted by Gasteiger charge is -2.24. The van der Waals surface area contributed by atoms with Crippen LogP contribution in [0.5, 0.6) is 0 Å². The number of rotatable bonds is 8. The lowest BCUT2D eigenvalue weighted by atomic mass is 10.0. The Morgan fingerprint density at radius 1 is 1.16 bits per heavy atom. The Kier molecular flexibility index (Phi) is 6.04. The van der Waals surface area contributed by atoms with Gasteiger partial charge in [-0.1, -0.05) is 37.8 Å². The molecule has 1 fully saturated rings. The van der Waals surface area contributed by atoms with Crippen molar-refractivity contribution < 1.29 is 8.42 Å². The van der Waals surface area contributed by atoms with Gasteiger partial charge in [0.1, 0.15) is 0 Å². The molecule has 1 aromatic heterocycles. The van der Waals surface area contributed by atoms with Gasteiger partial charge in [0.05, 0.1) is 4.90 Å². The Labute approximate surface area is 150 Å². The summed E-state index contributed by atoms with van der Waals surface area (Å²) < 4.78 is 28.3. The lowest BCUT2D eigenvalue weighted by Crippen LogP contribution is -2.34. The molecule has 1 aliphatic rings. The molecule has 0 amide bonds. The average Bonchev–Trinajstić information content (AvgIpc) is 3.14. The highest BCUT2D eigenvalue weighted by molar-refractivity contribution is 7.89. The molecule has 5 nitrogen and oxygen atoms in total. The first-order chi connectivity index (χ1) is 12.1. The SMILES string of the molecule is NCCCN(CCC1CCCC1)S(=O)(=O)c1cccc2cnccc12. The van der Waals surface area contributed by atoms with Gasteiger partial charge < -0.3 is 5.73 Å². The molecule has 3 rings (SSSR count). The van der Waals surface area contributed by atoms with Gasteiger partial charge in [0, 0.05) is 36.3 Å². The molecule has 1 saturated carbocycles. The van der Waals surface area contributed by atoms with Crippen molar-refractivity contribution in [3.05, 3.63) is 36.7 Å². The summed E-state index contributed by atoms with van der Waals surface area (Å²) in [4.78, 5) is 4.47. The number of hydrogen-bond donors (Lipinski definition) is 1. The number of nitrogens with zero attached hydrogens (tertiary/aromatic N) is 2. The summed E-state index contributed by atoms with van der Waals surface area (Å²) in [6.07, 6.45) is 9.97. The molecule has 0 spiro atoms. The normalized spacial score (nSPS) is 16.1. The quantitative estimate of drug-likeness (QED) is 0.783. The van der Waals surface area contributed by atoms with Crippen LogP contribution in [0.2, 0.25) is 0 Å². The number of fused-ring (bicyclic) bond motifs is 1. The third-order valence-electron chi connectivity index (χ3n) is 5.13. The minimum absolute atomic E-state index is 0.371. The van der Waals surface area contributed by atoms with Crippen molar-refractivity contribution in [1.82, 2.24) is 9.29 Å². The van der Waals surface area contributed by atoms with Gasteiger partial charge in [-0.25, -0.2) is 8.42 Å². The fourth-order valence-corrected chi connectivity index (χ4v) is 5.41.